The van der Waals surface area contributed by atoms with E-state index in [0.717, 1.165) is 5.02 Å². The average molecular weight is 335 g/mol. The largest absolute Gasteiger partial charge is 0.299 e. The minimum absolute atomic E-state index is 0.119. The molecule has 3 atom stereocenters. The quantitative estimate of drug-likeness (QED) is 0.644. The highest BCUT2D eigenvalue weighted by molar-refractivity contribution is 6.80. The fourth-order valence-electron chi connectivity index (χ4n) is 2.93. The first-order valence-corrected chi connectivity index (χ1v) is 12.0. The Morgan fingerprint density at radius 2 is 1.68 bits per heavy atom. The lowest BCUT2D eigenvalue weighted by atomic mass is 9.86. The van der Waals surface area contributed by atoms with Gasteiger partial charge in [-0.2, -0.15) is 0 Å². The lowest BCUT2D eigenvalue weighted by molar-refractivity contribution is -0.127. The second-order valence-corrected chi connectivity index (χ2v) is 14.0. The SMILES string of the molecule is CC(C)(C)C(=O)[C@H]1[C@H](/C=C/[Si](C)(C)C)[C@@H]1c1ccc(Cl)cc1. The van der Waals surface area contributed by atoms with E-state index in [2.05, 4.69) is 43.5 Å². The first kappa shape index (κ1) is 17.5. The number of Topliss-reactive ketones (excluding diaryl/α,β-unsaturated/α-hetero) is 1. The summed E-state index contributed by atoms with van der Waals surface area (Å²) in [5.41, 5.74) is 3.32. The Morgan fingerprint density at radius 3 is 2.14 bits per heavy atom. The van der Waals surface area contributed by atoms with Crippen LogP contribution in [0.4, 0.5) is 0 Å². The number of allylic oxidation sites excluding steroid dienone is 1. The topological polar surface area (TPSA) is 17.1 Å². The number of benzene rings is 1. The summed E-state index contributed by atoms with van der Waals surface area (Å²) in [5, 5.41) is 0.747. The van der Waals surface area contributed by atoms with Gasteiger partial charge in [-0.25, -0.2) is 0 Å². The van der Waals surface area contributed by atoms with Gasteiger partial charge in [0.05, 0.1) is 8.07 Å². The van der Waals surface area contributed by atoms with Crippen LogP contribution in [-0.4, -0.2) is 13.9 Å². The number of carbonyl (C=O) groups is 1. The molecular formula is C19H27ClOSi. The van der Waals surface area contributed by atoms with E-state index in [1.807, 2.05) is 32.9 Å². The van der Waals surface area contributed by atoms with Gasteiger partial charge >= 0.3 is 0 Å². The van der Waals surface area contributed by atoms with Crippen molar-refractivity contribution in [2.45, 2.75) is 46.3 Å². The second-order valence-electron chi connectivity index (χ2n) is 8.52. The van der Waals surface area contributed by atoms with Crippen molar-refractivity contribution in [1.29, 1.82) is 0 Å². The lowest BCUT2D eigenvalue weighted by Crippen LogP contribution is -2.23. The summed E-state index contributed by atoms with van der Waals surface area (Å²) in [7, 11) is -1.24. The fourth-order valence-corrected chi connectivity index (χ4v) is 3.85. The van der Waals surface area contributed by atoms with Gasteiger partial charge in [-0.05, 0) is 23.6 Å². The number of halogens is 1. The van der Waals surface area contributed by atoms with Crippen LogP contribution in [0.3, 0.4) is 0 Å². The van der Waals surface area contributed by atoms with Gasteiger partial charge in [0.15, 0.2) is 0 Å². The molecule has 3 heteroatoms. The molecule has 0 aliphatic heterocycles. The summed E-state index contributed by atoms with van der Waals surface area (Å²) >= 11 is 5.99. The van der Waals surface area contributed by atoms with Gasteiger partial charge < -0.3 is 0 Å². The molecule has 0 bridgehead atoms. The molecular weight excluding hydrogens is 308 g/mol. The Kier molecular flexibility index (Phi) is 4.75. The highest BCUT2D eigenvalue weighted by Gasteiger charge is 2.55. The summed E-state index contributed by atoms with van der Waals surface area (Å²) in [5.74, 6) is 1.16. The molecule has 0 amide bonds. The number of hydrogen-bond acceptors (Lipinski definition) is 1. The van der Waals surface area contributed by atoms with E-state index < -0.39 is 8.07 Å². The molecule has 0 saturated heterocycles. The van der Waals surface area contributed by atoms with Crippen LogP contribution >= 0.6 is 11.6 Å². The monoisotopic (exact) mass is 334 g/mol. The van der Waals surface area contributed by atoms with Gasteiger partial charge in [0.1, 0.15) is 5.78 Å². The minimum atomic E-state index is -1.24. The van der Waals surface area contributed by atoms with Crippen LogP contribution in [0.1, 0.15) is 32.3 Å². The van der Waals surface area contributed by atoms with E-state index in [9.17, 15) is 4.79 Å². The van der Waals surface area contributed by atoms with Crippen molar-refractivity contribution < 1.29 is 4.79 Å². The van der Waals surface area contributed by atoms with E-state index in [1.54, 1.807) is 0 Å². The van der Waals surface area contributed by atoms with E-state index in [-0.39, 0.29) is 11.3 Å². The van der Waals surface area contributed by atoms with E-state index in [1.165, 1.54) is 5.56 Å². The summed E-state index contributed by atoms with van der Waals surface area (Å²) in [6, 6.07) is 7.98. The van der Waals surface area contributed by atoms with Gasteiger partial charge in [-0.15, -0.1) is 0 Å². The summed E-state index contributed by atoms with van der Waals surface area (Å²) in [4.78, 5) is 12.8. The van der Waals surface area contributed by atoms with Crippen LogP contribution in [0, 0.1) is 17.3 Å². The Hall–Kier alpha value is -0.863. The molecule has 0 unspecified atom stereocenters. The Labute approximate surface area is 140 Å². The van der Waals surface area contributed by atoms with E-state index >= 15 is 0 Å². The third-order valence-corrected chi connectivity index (χ3v) is 5.64. The highest BCUT2D eigenvalue weighted by atomic mass is 35.5. The van der Waals surface area contributed by atoms with Gasteiger partial charge in [0.2, 0.25) is 0 Å². The molecule has 1 saturated carbocycles. The molecule has 0 aromatic heterocycles. The van der Waals surface area contributed by atoms with Gasteiger partial charge in [-0.3, -0.25) is 4.79 Å². The van der Waals surface area contributed by atoms with E-state index in [4.69, 9.17) is 11.6 Å². The van der Waals surface area contributed by atoms with E-state index in [0.29, 0.717) is 17.6 Å². The Morgan fingerprint density at radius 1 is 1.14 bits per heavy atom. The smallest absolute Gasteiger partial charge is 0.142 e. The predicted octanol–water partition coefficient (Wildman–Crippen LogP) is 5.72. The first-order valence-electron chi connectivity index (χ1n) is 8.00. The molecule has 1 aliphatic carbocycles. The molecule has 0 heterocycles. The maximum Gasteiger partial charge on any atom is 0.142 e. The van der Waals surface area contributed by atoms with Gasteiger partial charge in [0, 0.05) is 22.3 Å². The number of ketones is 1. The zero-order valence-corrected chi connectivity index (χ0v) is 16.2. The highest BCUT2D eigenvalue weighted by Crippen LogP contribution is 2.57. The van der Waals surface area contributed by atoms with Crippen LogP contribution in [0.5, 0.6) is 0 Å². The molecule has 1 aliphatic rings. The van der Waals surface area contributed by atoms with Gasteiger partial charge in [0.25, 0.3) is 0 Å². The number of rotatable bonds is 4. The number of carbonyl (C=O) groups excluding carboxylic acids is 1. The molecule has 1 aromatic rings. The van der Waals surface area contributed by atoms with Crippen molar-refractivity contribution in [2.24, 2.45) is 17.3 Å². The van der Waals surface area contributed by atoms with Crippen LogP contribution in [-0.2, 0) is 4.79 Å². The summed E-state index contributed by atoms with van der Waals surface area (Å²) < 4.78 is 0. The molecule has 1 fully saturated rings. The normalized spacial score (nSPS) is 25.5. The fraction of sp³-hybridized carbons (Fsp3) is 0.526. The first-order chi connectivity index (χ1) is 10.0. The van der Waals surface area contributed by atoms with Crippen molar-refractivity contribution in [2.75, 3.05) is 0 Å². The van der Waals surface area contributed by atoms with Crippen LogP contribution in [0.2, 0.25) is 24.7 Å². The minimum Gasteiger partial charge on any atom is -0.299 e. The van der Waals surface area contributed by atoms with Crippen LogP contribution < -0.4 is 0 Å². The molecule has 1 aromatic carbocycles. The average Bonchev–Trinajstić information content (AvgIpc) is 3.08. The molecule has 22 heavy (non-hydrogen) atoms. The lowest BCUT2D eigenvalue weighted by Gasteiger charge is -2.16. The number of hydrogen-bond donors (Lipinski definition) is 0. The van der Waals surface area contributed by atoms with Gasteiger partial charge in [-0.1, -0.05) is 75.9 Å². The summed E-state index contributed by atoms with van der Waals surface area (Å²) in [6.07, 6.45) is 2.31. The van der Waals surface area contributed by atoms with Crippen molar-refractivity contribution in [3.8, 4) is 0 Å². The van der Waals surface area contributed by atoms with Crippen LogP contribution in [0.15, 0.2) is 36.0 Å². The maximum absolute atomic E-state index is 12.8. The molecule has 2 rings (SSSR count). The summed E-state index contributed by atoms with van der Waals surface area (Å²) in [6.45, 7) is 13.0. The van der Waals surface area contributed by atoms with Crippen molar-refractivity contribution in [3.05, 3.63) is 46.6 Å². The van der Waals surface area contributed by atoms with Crippen molar-refractivity contribution >= 4 is 25.5 Å². The zero-order valence-electron chi connectivity index (χ0n) is 14.5. The molecule has 0 radical (unpaired) electrons. The third-order valence-electron chi connectivity index (χ3n) is 4.19. The Balaban J connectivity index is 2.27. The Bertz CT molecular complexity index is 575. The molecule has 0 spiro atoms. The third kappa shape index (κ3) is 4.11. The zero-order chi connectivity index (χ0) is 16.7. The van der Waals surface area contributed by atoms with Crippen molar-refractivity contribution in [1.82, 2.24) is 0 Å². The van der Waals surface area contributed by atoms with Crippen LogP contribution in [0.25, 0.3) is 0 Å². The predicted molar refractivity (Wildman–Crippen MR) is 98.1 cm³/mol. The standard InChI is InChI=1S/C19H27ClOSi/c1-19(2,3)18(21)17-15(11-12-22(4,5)6)16(17)13-7-9-14(20)10-8-13/h7-12,15-17H,1-6H3/b12-11+/t15-,16+,17+/m1/s1. The molecule has 0 N–H and O–H groups in total. The maximum atomic E-state index is 12.8. The van der Waals surface area contributed by atoms with Crippen molar-refractivity contribution in [3.63, 3.8) is 0 Å². The second kappa shape index (κ2) is 5.97. The molecule has 120 valence electrons. The molecule has 1 nitrogen and oxygen atoms in total.